The van der Waals surface area contributed by atoms with E-state index in [0.717, 1.165) is 25.2 Å². The number of hydrogen-bond donors (Lipinski definition) is 1. The van der Waals surface area contributed by atoms with Crippen LogP contribution in [0.1, 0.15) is 18.1 Å². The number of hydrogen-bond acceptors (Lipinski definition) is 3. The Hall–Kier alpha value is -1.08. The lowest BCUT2D eigenvalue weighted by atomic mass is 10.1. The minimum absolute atomic E-state index is 0.628. The molecule has 0 atom stereocenters. The number of halogens is 1. The fourth-order valence-electron chi connectivity index (χ4n) is 1.54. The van der Waals surface area contributed by atoms with Gasteiger partial charge in [0.1, 0.15) is 0 Å². The first-order valence-electron chi connectivity index (χ1n) is 5.32. The van der Waals surface area contributed by atoms with Crippen molar-refractivity contribution in [2.24, 2.45) is 5.73 Å². The summed E-state index contributed by atoms with van der Waals surface area (Å²) in [6, 6.07) is 7.45. The van der Waals surface area contributed by atoms with E-state index in [9.17, 15) is 0 Å². The van der Waals surface area contributed by atoms with Crippen molar-refractivity contribution in [1.29, 1.82) is 5.26 Å². The summed E-state index contributed by atoms with van der Waals surface area (Å²) >= 11 is 6.09. The second-order valence-electron chi connectivity index (χ2n) is 3.58. The molecule has 1 aromatic rings. The molecule has 0 saturated carbocycles. The molecule has 4 heteroatoms. The zero-order valence-corrected chi connectivity index (χ0v) is 10.2. The number of rotatable bonds is 5. The number of benzene rings is 1. The lowest BCUT2D eigenvalue weighted by molar-refractivity contribution is 0.288. The maximum Gasteiger partial charge on any atom is 0.0991 e. The van der Waals surface area contributed by atoms with Crippen LogP contribution < -0.4 is 5.73 Å². The van der Waals surface area contributed by atoms with Gasteiger partial charge in [0.05, 0.1) is 11.6 Å². The first-order chi connectivity index (χ1) is 7.71. The molecule has 86 valence electrons. The molecule has 3 nitrogen and oxygen atoms in total. The van der Waals surface area contributed by atoms with Crippen molar-refractivity contribution in [1.82, 2.24) is 4.90 Å². The van der Waals surface area contributed by atoms with Crippen LogP contribution in [-0.4, -0.2) is 24.5 Å². The molecule has 0 aliphatic carbocycles. The monoisotopic (exact) mass is 237 g/mol. The van der Waals surface area contributed by atoms with Crippen LogP contribution in [0.15, 0.2) is 18.2 Å². The first kappa shape index (κ1) is 13.0. The van der Waals surface area contributed by atoms with Crippen LogP contribution in [0.5, 0.6) is 0 Å². The summed E-state index contributed by atoms with van der Waals surface area (Å²) < 4.78 is 0. The molecule has 0 heterocycles. The van der Waals surface area contributed by atoms with E-state index >= 15 is 0 Å². The lowest BCUT2D eigenvalue weighted by Crippen LogP contribution is -2.28. The Bertz CT molecular complexity index is 384. The standard InChI is InChI=1S/C12H16ClN3/c1-2-16(6-5-14)9-11-7-10(8-15)3-4-12(11)13/h3-4,7H,2,5-6,9,14H2,1H3. The molecule has 2 N–H and O–H groups in total. The molecule has 0 aliphatic rings. The molecule has 16 heavy (non-hydrogen) atoms. The molecule has 0 unspecified atom stereocenters. The molecule has 0 aliphatic heterocycles. The Morgan fingerprint density at radius 2 is 2.25 bits per heavy atom. The smallest absolute Gasteiger partial charge is 0.0991 e. The molecule has 0 aromatic heterocycles. The highest BCUT2D eigenvalue weighted by atomic mass is 35.5. The molecule has 1 aromatic carbocycles. The minimum Gasteiger partial charge on any atom is -0.329 e. The first-order valence-corrected chi connectivity index (χ1v) is 5.70. The van der Waals surface area contributed by atoms with Crippen molar-refractivity contribution in [3.8, 4) is 6.07 Å². The van der Waals surface area contributed by atoms with Gasteiger partial charge in [-0.15, -0.1) is 0 Å². The normalized spacial score (nSPS) is 10.4. The predicted octanol–water partition coefficient (Wildman–Crippen LogP) is 1.99. The highest BCUT2D eigenvalue weighted by molar-refractivity contribution is 6.31. The molecule has 1 rings (SSSR count). The van der Waals surface area contributed by atoms with Crippen LogP contribution in [0.4, 0.5) is 0 Å². The van der Waals surface area contributed by atoms with E-state index in [-0.39, 0.29) is 0 Å². The van der Waals surface area contributed by atoms with Gasteiger partial charge in [0, 0.05) is 24.7 Å². The topological polar surface area (TPSA) is 53.0 Å². The Balaban J connectivity index is 2.82. The van der Waals surface area contributed by atoms with Gasteiger partial charge in [-0.1, -0.05) is 18.5 Å². The third-order valence-corrected chi connectivity index (χ3v) is 2.83. The molecular weight excluding hydrogens is 222 g/mol. The Kier molecular flexibility index (Phi) is 5.27. The summed E-state index contributed by atoms with van der Waals surface area (Å²) in [5, 5.41) is 9.52. The maximum absolute atomic E-state index is 8.82. The summed E-state index contributed by atoms with van der Waals surface area (Å²) in [5.41, 5.74) is 7.15. The number of nitrogens with zero attached hydrogens (tertiary/aromatic N) is 2. The molecular formula is C12H16ClN3. The summed E-state index contributed by atoms with van der Waals surface area (Å²) in [4.78, 5) is 2.20. The van der Waals surface area contributed by atoms with E-state index in [1.54, 1.807) is 12.1 Å². The Morgan fingerprint density at radius 1 is 1.50 bits per heavy atom. The highest BCUT2D eigenvalue weighted by Gasteiger charge is 2.07. The van der Waals surface area contributed by atoms with Crippen LogP contribution in [0.2, 0.25) is 5.02 Å². The Labute approximate surface area is 101 Å². The Morgan fingerprint density at radius 3 is 2.81 bits per heavy atom. The molecule has 0 spiro atoms. The summed E-state index contributed by atoms with van der Waals surface area (Å²) in [6.45, 7) is 5.21. The summed E-state index contributed by atoms with van der Waals surface area (Å²) in [6.07, 6.45) is 0. The fourth-order valence-corrected chi connectivity index (χ4v) is 1.72. The van der Waals surface area contributed by atoms with Crippen LogP contribution in [0, 0.1) is 11.3 Å². The van der Waals surface area contributed by atoms with Gasteiger partial charge in [0.25, 0.3) is 0 Å². The van der Waals surface area contributed by atoms with E-state index in [4.69, 9.17) is 22.6 Å². The predicted molar refractivity (Wildman–Crippen MR) is 66.2 cm³/mol. The van der Waals surface area contributed by atoms with Gasteiger partial charge in [-0.3, -0.25) is 4.90 Å². The zero-order valence-electron chi connectivity index (χ0n) is 9.41. The van der Waals surface area contributed by atoms with Gasteiger partial charge in [0.15, 0.2) is 0 Å². The average Bonchev–Trinajstić information content (AvgIpc) is 2.31. The van der Waals surface area contributed by atoms with E-state index in [2.05, 4.69) is 17.9 Å². The van der Waals surface area contributed by atoms with Crippen LogP contribution in [-0.2, 0) is 6.54 Å². The van der Waals surface area contributed by atoms with Gasteiger partial charge in [-0.2, -0.15) is 5.26 Å². The second-order valence-corrected chi connectivity index (χ2v) is 3.98. The van der Waals surface area contributed by atoms with Gasteiger partial charge >= 0.3 is 0 Å². The van der Waals surface area contributed by atoms with E-state index in [0.29, 0.717) is 17.1 Å². The lowest BCUT2D eigenvalue weighted by Gasteiger charge is -2.20. The third-order valence-electron chi connectivity index (χ3n) is 2.46. The average molecular weight is 238 g/mol. The molecule has 0 radical (unpaired) electrons. The van der Waals surface area contributed by atoms with Gasteiger partial charge < -0.3 is 5.73 Å². The van der Waals surface area contributed by atoms with Gasteiger partial charge in [-0.25, -0.2) is 0 Å². The molecule has 0 fully saturated rings. The maximum atomic E-state index is 8.82. The number of nitriles is 1. The molecule has 0 bridgehead atoms. The van der Waals surface area contributed by atoms with Crippen molar-refractivity contribution >= 4 is 11.6 Å². The van der Waals surface area contributed by atoms with Gasteiger partial charge in [0.2, 0.25) is 0 Å². The van der Waals surface area contributed by atoms with Crippen molar-refractivity contribution < 1.29 is 0 Å². The SMILES string of the molecule is CCN(CCN)Cc1cc(C#N)ccc1Cl. The van der Waals surface area contributed by atoms with Crippen molar-refractivity contribution in [2.75, 3.05) is 19.6 Å². The quantitative estimate of drug-likeness (QED) is 0.852. The molecule has 0 saturated heterocycles. The van der Waals surface area contributed by atoms with Crippen LogP contribution >= 0.6 is 11.6 Å². The van der Waals surface area contributed by atoms with E-state index < -0.39 is 0 Å². The van der Waals surface area contributed by atoms with Crippen LogP contribution in [0.3, 0.4) is 0 Å². The van der Waals surface area contributed by atoms with Crippen molar-refractivity contribution in [3.63, 3.8) is 0 Å². The zero-order chi connectivity index (χ0) is 12.0. The fraction of sp³-hybridized carbons (Fsp3) is 0.417. The summed E-state index contributed by atoms with van der Waals surface area (Å²) in [7, 11) is 0. The number of likely N-dealkylation sites (N-methyl/N-ethyl adjacent to an activating group) is 1. The number of nitrogens with two attached hydrogens (primary N) is 1. The van der Waals surface area contributed by atoms with E-state index in [1.807, 2.05) is 6.07 Å². The van der Waals surface area contributed by atoms with Gasteiger partial charge in [-0.05, 0) is 30.3 Å². The summed E-state index contributed by atoms with van der Waals surface area (Å²) in [5.74, 6) is 0. The third kappa shape index (κ3) is 3.49. The second kappa shape index (κ2) is 6.49. The minimum atomic E-state index is 0.628. The highest BCUT2D eigenvalue weighted by Crippen LogP contribution is 2.19. The van der Waals surface area contributed by atoms with Crippen molar-refractivity contribution in [3.05, 3.63) is 34.3 Å². The largest absolute Gasteiger partial charge is 0.329 e. The van der Waals surface area contributed by atoms with Crippen molar-refractivity contribution in [2.45, 2.75) is 13.5 Å². The van der Waals surface area contributed by atoms with Crippen LogP contribution in [0.25, 0.3) is 0 Å². The van der Waals surface area contributed by atoms with E-state index in [1.165, 1.54) is 0 Å². The molecule has 0 amide bonds.